The summed E-state index contributed by atoms with van der Waals surface area (Å²) in [4.78, 5) is 3.86. The number of benzene rings is 4. The molecule has 0 aliphatic rings. The smallest absolute Gasteiger partial charge is 0.195 e. The van der Waals surface area contributed by atoms with Crippen molar-refractivity contribution >= 4 is 49.6 Å². The molecule has 3 nitrogen and oxygen atoms in total. The number of nitrogens with zero attached hydrogens (tertiary/aromatic N) is 1. The summed E-state index contributed by atoms with van der Waals surface area (Å²) in [7, 11) is 0. The Bertz CT molecular complexity index is 1720. The third-order valence-corrected chi connectivity index (χ3v) is 6.27. The molecule has 3 heteroatoms. The van der Waals surface area contributed by atoms with E-state index < -0.39 is 0 Å². The Hall–Kier alpha value is -4.03. The second-order valence-electron chi connectivity index (χ2n) is 9.29. The molecule has 0 amide bonds. The molecule has 0 aliphatic carbocycles. The van der Waals surface area contributed by atoms with Gasteiger partial charge in [0.1, 0.15) is 22.3 Å². The molecule has 0 aliphatic heterocycles. The molecule has 0 unspecified atom stereocenters. The van der Waals surface area contributed by atoms with Crippen LogP contribution in [0.25, 0.3) is 59.8 Å². The van der Waals surface area contributed by atoms with Crippen molar-refractivity contribution in [2.75, 3.05) is 0 Å². The highest BCUT2D eigenvalue weighted by atomic mass is 16.3. The minimum atomic E-state index is 0.0496. The normalized spacial score (nSPS) is 12.2. The lowest BCUT2D eigenvalue weighted by Gasteiger charge is -2.18. The van der Waals surface area contributed by atoms with Crippen molar-refractivity contribution in [3.05, 3.63) is 89.8 Å². The molecule has 32 heavy (non-hydrogen) atoms. The van der Waals surface area contributed by atoms with Crippen molar-refractivity contribution in [1.82, 2.24) is 0 Å². The Morgan fingerprint density at radius 3 is 2.28 bits per heavy atom. The molecule has 6 rings (SSSR count). The summed E-state index contributed by atoms with van der Waals surface area (Å²) in [6.45, 7) is 14.5. The van der Waals surface area contributed by atoms with Crippen LogP contribution in [0.1, 0.15) is 26.3 Å². The Balaban J connectivity index is 1.75. The minimum Gasteiger partial charge on any atom is -0.456 e. The van der Waals surface area contributed by atoms with E-state index in [2.05, 4.69) is 49.9 Å². The van der Waals surface area contributed by atoms with Gasteiger partial charge in [0.15, 0.2) is 5.69 Å². The number of rotatable bonds is 1. The van der Waals surface area contributed by atoms with Gasteiger partial charge in [0.05, 0.1) is 6.57 Å². The van der Waals surface area contributed by atoms with Crippen LogP contribution >= 0.6 is 0 Å². The Morgan fingerprint density at radius 1 is 0.719 bits per heavy atom. The maximum atomic E-state index is 7.85. The first-order chi connectivity index (χ1) is 15.5. The van der Waals surface area contributed by atoms with E-state index in [4.69, 9.17) is 15.4 Å². The highest BCUT2D eigenvalue weighted by molar-refractivity contribution is 6.19. The third-order valence-electron chi connectivity index (χ3n) is 6.27. The Labute approximate surface area is 185 Å². The maximum Gasteiger partial charge on any atom is 0.195 e. The van der Waals surface area contributed by atoms with Crippen LogP contribution in [0.5, 0.6) is 0 Å². The number of hydrogen-bond acceptors (Lipinski definition) is 2. The first kappa shape index (κ1) is 18.7. The van der Waals surface area contributed by atoms with Gasteiger partial charge in [-0.25, -0.2) is 4.85 Å². The van der Waals surface area contributed by atoms with Gasteiger partial charge in [-0.3, -0.25) is 0 Å². The van der Waals surface area contributed by atoms with Crippen molar-refractivity contribution in [3.8, 4) is 11.1 Å². The zero-order valence-corrected chi connectivity index (χ0v) is 18.2. The van der Waals surface area contributed by atoms with Gasteiger partial charge in [-0.1, -0.05) is 69.3 Å². The molecule has 2 aromatic heterocycles. The van der Waals surface area contributed by atoms with Gasteiger partial charge in [0.2, 0.25) is 0 Å². The second-order valence-corrected chi connectivity index (χ2v) is 9.29. The fourth-order valence-electron chi connectivity index (χ4n) is 4.63. The van der Waals surface area contributed by atoms with Crippen molar-refractivity contribution in [2.24, 2.45) is 0 Å². The molecule has 0 fully saturated rings. The summed E-state index contributed by atoms with van der Waals surface area (Å²) in [5, 5.41) is 4.12. The highest BCUT2D eigenvalue weighted by Crippen LogP contribution is 2.46. The van der Waals surface area contributed by atoms with E-state index in [-0.39, 0.29) is 5.41 Å². The van der Waals surface area contributed by atoms with Crippen molar-refractivity contribution < 1.29 is 8.83 Å². The van der Waals surface area contributed by atoms with Crippen LogP contribution in [0.15, 0.2) is 81.6 Å². The lowest BCUT2D eigenvalue weighted by Crippen LogP contribution is -2.10. The lowest BCUT2D eigenvalue weighted by atomic mass is 9.86. The molecule has 154 valence electrons. The minimum absolute atomic E-state index is 0.0496. The van der Waals surface area contributed by atoms with E-state index in [1.807, 2.05) is 48.5 Å². The molecule has 0 bridgehead atoms. The molecule has 0 atom stereocenters. The fourth-order valence-corrected chi connectivity index (χ4v) is 4.63. The van der Waals surface area contributed by atoms with Gasteiger partial charge < -0.3 is 8.83 Å². The van der Waals surface area contributed by atoms with Gasteiger partial charge in [-0.15, -0.1) is 0 Å². The van der Waals surface area contributed by atoms with Gasteiger partial charge in [0.25, 0.3) is 0 Å². The van der Waals surface area contributed by atoms with Crippen LogP contribution in [0.2, 0.25) is 0 Å². The zero-order valence-electron chi connectivity index (χ0n) is 18.2. The van der Waals surface area contributed by atoms with E-state index in [0.717, 1.165) is 55.0 Å². The highest BCUT2D eigenvalue weighted by Gasteiger charge is 2.21. The van der Waals surface area contributed by atoms with E-state index in [9.17, 15) is 0 Å². The topological polar surface area (TPSA) is 30.6 Å². The molecule has 0 N–H and O–H groups in total. The molecule has 0 saturated carbocycles. The molecule has 0 saturated heterocycles. The maximum absolute atomic E-state index is 7.85. The van der Waals surface area contributed by atoms with Crippen molar-refractivity contribution in [1.29, 1.82) is 0 Å². The van der Waals surface area contributed by atoms with E-state index in [1.165, 1.54) is 5.56 Å². The molecule has 2 heterocycles. The predicted molar refractivity (Wildman–Crippen MR) is 131 cm³/mol. The number of hydrogen-bond donors (Lipinski definition) is 0. The standard InChI is InChI=1S/C29H21NO2/c1-29(2,3)17-12-14-24-21(16-17)18-9-7-10-20(28(18)32-24)26-22(30-4)13-15-25-27(26)19-8-5-6-11-23(19)31-25/h5-16H,1-3H3. The van der Waals surface area contributed by atoms with Crippen LogP contribution in [0.4, 0.5) is 5.69 Å². The van der Waals surface area contributed by atoms with Crippen LogP contribution in [-0.4, -0.2) is 0 Å². The third kappa shape index (κ3) is 2.60. The first-order valence-electron chi connectivity index (χ1n) is 10.7. The van der Waals surface area contributed by atoms with Crippen LogP contribution in [0, 0.1) is 6.57 Å². The van der Waals surface area contributed by atoms with E-state index in [1.54, 1.807) is 0 Å². The molecule has 4 aromatic carbocycles. The van der Waals surface area contributed by atoms with Crippen LogP contribution in [0.3, 0.4) is 0 Å². The number of fused-ring (bicyclic) bond motifs is 6. The Morgan fingerprint density at radius 2 is 1.47 bits per heavy atom. The van der Waals surface area contributed by atoms with Gasteiger partial charge in [-0.05, 0) is 35.2 Å². The SMILES string of the molecule is [C-]#[N+]c1ccc2oc3ccccc3c2c1-c1cccc2c1oc1ccc(C(C)(C)C)cc12. The van der Waals surface area contributed by atoms with E-state index in [0.29, 0.717) is 5.69 Å². The predicted octanol–water partition coefficient (Wildman–Crippen LogP) is 9.00. The Kier molecular flexibility index (Phi) is 3.79. The molecule has 6 aromatic rings. The summed E-state index contributed by atoms with van der Waals surface area (Å²) >= 11 is 0. The number of furan rings is 2. The summed E-state index contributed by atoms with van der Waals surface area (Å²) < 4.78 is 12.5. The largest absolute Gasteiger partial charge is 0.456 e. The van der Waals surface area contributed by atoms with Crippen LogP contribution in [-0.2, 0) is 5.41 Å². The second kappa shape index (κ2) is 6.48. The van der Waals surface area contributed by atoms with Crippen molar-refractivity contribution in [2.45, 2.75) is 26.2 Å². The molecule has 0 radical (unpaired) electrons. The van der Waals surface area contributed by atoms with E-state index >= 15 is 0 Å². The first-order valence-corrected chi connectivity index (χ1v) is 10.7. The van der Waals surface area contributed by atoms with Gasteiger partial charge in [-0.2, -0.15) is 0 Å². The zero-order chi connectivity index (χ0) is 22.0. The number of para-hydroxylation sites is 2. The molecular weight excluding hydrogens is 394 g/mol. The summed E-state index contributed by atoms with van der Waals surface area (Å²) in [5.41, 5.74) is 6.94. The quantitative estimate of drug-likeness (QED) is 0.251. The lowest BCUT2D eigenvalue weighted by molar-refractivity contribution is 0.590. The van der Waals surface area contributed by atoms with Gasteiger partial charge >= 0.3 is 0 Å². The summed E-state index contributed by atoms with van der Waals surface area (Å²) in [6.07, 6.45) is 0. The summed E-state index contributed by atoms with van der Waals surface area (Å²) in [5.74, 6) is 0. The van der Waals surface area contributed by atoms with Crippen molar-refractivity contribution in [3.63, 3.8) is 0 Å². The summed E-state index contributed by atoms with van der Waals surface area (Å²) in [6, 6.07) is 24.3. The molecule has 0 spiro atoms. The van der Waals surface area contributed by atoms with Crippen LogP contribution < -0.4 is 0 Å². The fraction of sp³-hybridized carbons (Fsp3) is 0.138. The average molecular weight is 415 g/mol. The average Bonchev–Trinajstić information content (AvgIpc) is 3.35. The molecular formula is C29H21NO2. The monoisotopic (exact) mass is 415 g/mol. The van der Waals surface area contributed by atoms with Gasteiger partial charge in [0, 0.05) is 32.7 Å².